The molecule has 0 saturated heterocycles. The monoisotopic (exact) mass is 246 g/mol. The van der Waals surface area contributed by atoms with Crippen LogP contribution in [0.2, 0.25) is 0 Å². The van der Waals surface area contributed by atoms with Crippen molar-refractivity contribution in [2.24, 2.45) is 10.9 Å². The Bertz CT molecular complexity index is 545. The number of nitrogens with zero attached hydrogens (tertiary/aromatic N) is 3. The molecule has 0 atom stereocenters. The summed E-state index contributed by atoms with van der Waals surface area (Å²) in [4.78, 5) is 0. The average Bonchev–Trinajstić information content (AvgIpc) is 2.86. The van der Waals surface area contributed by atoms with E-state index in [1.807, 2.05) is 13.1 Å². The summed E-state index contributed by atoms with van der Waals surface area (Å²) in [7, 11) is 0. The van der Waals surface area contributed by atoms with Gasteiger partial charge in [-0.15, -0.1) is 0 Å². The molecule has 0 aliphatic heterocycles. The first-order valence-electron chi connectivity index (χ1n) is 5.51. The van der Waals surface area contributed by atoms with Crippen molar-refractivity contribution in [3.8, 4) is 11.5 Å². The van der Waals surface area contributed by atoms with Gasteiger partial charge >= 0.3 is 0 Å². The summed E-state index contributed by atoms with van der Waals surface area (Å²) >= 11 is 0. The number of ether oxygens (including phenoxy) is 1. The standard InChI is InChI=1S/C12H14N4O2/c1-2-16-8-11(7-14-16)18-10-5-3-9(4-6-10)12(13)15-17/h3-8,17H,2H2,1H3,(H2,13,15). The Morgan fingerprint density at radius 1 is 1.39 bits per heavy atom. The van der Waals surface area contributed by atoms with Gasteiger partial charge in [-0.05, 0) is 31.2 Å². The summed E-state index contributed by atoms with van der Waals surface area (Å²) in [5.41, 5.74) is 6.10. The molecule has 1 heterocycles. The lowest BCUT2D eigenvalue weighted by molar-refractivity contribution is 0.318. The predicted octanol–water partition coefficient (Wildman–Crippen LogP) is 1.79. The van der Waals surface area contributed by atoms with E-state index < -0.39 is 0 Å². The zero-order valence-electron chi connectivity index (χ0n) is 9.95. The van der Waals surface area contributed by atoms with Crippen LogP contribution in [0.1, 0.15) is 12.5 Å². The zero-order chi connectivity index (χ0) is 13.0. The number of oxime groups is 1. The fourth-order valence-electron chi connectivity index (χ4n) is 1.46. The second kappa shape index (κ2) is 5.22. The molecule has 0 spiro atoms. The first-order valence-corrected chi connectivity index (χ1v) is 5.51. The van der Waals surface area contributed by atoms with Gasteiger partial charge in [0.25, 0.3) is 0 Å². The smallest absolute Gasteiger partial charge is 0.170 e. The topological polar surface area (TPSA) is 85.7 Å². The fourth-order valence-corrected chi connectivity index (χ4v) is 1.46. The molecule has 0 amide bonds. The van der Waals surface area contributed by atoms with E-state index in [-0.39, 0.29) is 5.84 Å². The van der Waals surface area contributed by atoms with E-state index in [0.717, 1.165) is 6.54 Å². The Labute approximate surface area is 104 Å². The van der Waals surface area contributed by atoms with Crippen LogP contribution >= 0.6 is 0 Å². The lowest BCUT2D eigenvalue weighted by Gasteiger charge is -2.03. The number of aryl methyl sites for hydroxylation is 1. The molecule has 0 radical (unpaired) electrons. The zero-order valence-corrected chi connectivity index (χ0v) is 9.95. The number of aromatic nitrogens is 2. The minimum Gasteiger partial charge on any atom is -0.454 e. The fraction of sp³-hybridized carbons (Fsp3) is 0.167. The molecule has 0 bridgehead atoms. The Morgan fingerprint density at radius 2 is 2.11 bits per heavy atom. The van der Waals surface area contributed by atoms with Crippen molar-refractivity contribution in [2.45, 2.75) is 13.5 Å². The summed E-state index contributed by atoms with van der Waals surface area (Å²) in [5.74, 6) is 1.41. The Balaban J connectivity index is 2.10. The maximum Gasteiger partial charge on any atom is 0.170 e. The van der Waals surface area contributed by atoms with Crippen LogP contribution in [0.25, 0.3) is 0 Å². The van der Waals surface area contributed by atoms with Crippen molar-refractivity contribution < 1.29 is 9.94 Å². The molecule has 0 unspecified atom stereocenters. The third kappa shape index (κ3) is 2.60. The van der Waals surface area contributed by atoms with Crippen LogP contribution < -0.4 is 10.5 Å². The van der Waals surface area contributed by atoms with Crippen LogP contribution in [-0.4, -0.2) is 20.8 Å². The lowest BCUT2D eigenvalue weighted by atomic mass is 10.2. The minimum absolute atomic E-state index is 0.0698. The van der Waals surface area contributed by atoms with Crippen molar-refractivity contribution in [1.29, 1.82) is 0 Å². The van der Waals surface area contributed by atoms with Gasteiger partial charge in [-0.1, -0.05) is 5.16 Å². The lowest BCUT2D eigenvalue weighted by Crippen LogP contribution is -2.12. The van der Waals surface area contributed by atoms with Crippen LogP contribution in [0.3, 0.4) is 0 Å². The van der Waals surface area contributed by atoms with E-state index >= 15 is 0 Å². The van der Waals surface area contributed by atoms with Gasteiger partial charge in [0.15, 0.2) is 11.6 Å². The summed E-state index contributed by atoms with van der Waals surface area (Å²) < 4.78 is 7.38. The van der Waals surface area contributed by atoms with Crippen molar-refractivity contribution in [3.63, 3.8) is 0 Å². The predicted molar refractivity (Wildman–Crippen MR) is 66.9 cm³/mol. The average molecular weight is 246 g/mol. The van der Waals surface area contributed by atoms with E-state index in [1.54, 1.807) is 35.1 Å². The third-order valence-corrected chi connectivity index (χ3v) is 2.43. The summed E-state index contributed by atoms with van der Waals surface area (Å²) in [6.07, 6.45) is 3.47. The van der Waals surface area contributed by atoms with E-state index in [2.05, 4.69) is 10.3 Å². The maximum absolute atomic E-state index is 8.54. The molecular weight excluding hydrogens is 232 g/mol. The van der Waals surface area contributed by atoms with E-state index in [4.69, 9.17) is 15.7 Å². The number of rotatable bonds is 4. The number of hydrogen-bond acceptors (Lipinski definition) is 4. The van der Waals surface area contributed by atoms with E-state index in [9.17, 15) is 0 Å². The maximum atomic E-state index is 8.54. The van der Waals surface area contributed by atoms with Crippen LogP contribution in [0.5, 0.6) is 11.5 Å². The summed E-state index contributed by atoms with van der Waals surface area (Å²) in [5, 5.41) is 15.6. The molecule has 94 valence electrons. The number of hydrogen-bond donors (Lipinski definition) is 2. The highest BCUT2D eigenvalue weighted by atomic mass is 16.5. The highest BCUT2D eigenvalue weighted by molar-refractivity contribution is 5.97. The van der Waals surface area contributed by atoms with Crippen molar-refractivity contribution >= 4 is 5.84 Å². The third-order valence-electron chi connectivity index (χ3n) is 2.43. The highest BCUT2D eigenvalue weighted by Gasteiger charge is 2.02. The quantitative estimate of drug-likeness (QED) is 0.373. The highest BCUT2D eigenvalue weighted by Crippen LogP contribution is 2.20. The van der Waals surface area contributed by atoms with Gasteiger partial charge in [-0.25, -0.2) is 0 Å². The van der Waals surface area contributed by atoms with Gasteiger partial charge in [0.2, 0.25) is 0 Å². The number of benzene rings is 1. The molecule has 2 rings (SSSR count). The van der Waals surface area contributed by atoms with Crippen molar-refractivity contribution in [2.75, 3.05) is 0 Å². The Hall–Kier alpha value is -2.50. The Morgan fingerprint density at radius 3 is 2.67 bits per heavy atom. The molecule has 2 aromatic rings. The summed E-state index contributed by atoms with van der Waals surface area (Å²) in [6, 6.07) is 6.93. The second-order valence-electron chi connectivity index (χ2n) is 3.64. The molecule has 0 aliphatic carbocycles. The molecule has 1 aromatic heterocycles. The first kappa shape index (κ1) is 12.0. The van der Waals surface area contributed by atoms with Crippen LogP contribution in [0.4, 0.5) is 0 Å². The van der Waals surface area contributed by atoms with Crippen LogP contribution in [0.15, 0.2) is 41.8 Å². The van der Waals surface area contributed by atoms with Gasteiger partial charge in [-0.3, -0.25) is 4.68 Å². The largest absolute Gasteiger partial charge is 0.454 e. The van der Waals surface area contributed by atoms with Gasteiger partial charge in [-0.2, -0.15) is 5.10 Å². The molecule has 6 heteroatoms. The molecule has 18 heavy (non-hydrogen) atoms. The Kier molecular flexibility index (Phi) is 3.47. The van der Waals surface area contributed by atoms with Gasteiger partial charge < -0.3 is 15.7 Å². The molecule has 0 fully saturated rings. The number of nitrogens with two attached hydrogens (primary N) is 1. The van der Waals surface area contributed by atoms with Gasteiger partial charge in [0, 0.05) is 12.1 Å². The molecule has 0 aliphatic rings. The second-order valence-corrected chi connectivity index (χ2v) is 3.64. The molecule has 1 aromatic carbocycles. The molecule has 3 N–H and O–H groups in total. The van der Waals surface area contributed by atoms with Crippen molar-refractivity contribution in [1.82, 2.24) is 9.78 Å². The minimum atomic E-state index is 0.0698. The van der Waals surface area contributed by atoms with Crippen LogP contribution in [0, 0.1) is 0 Å². The summed E-state index contributed by atoms with van der Waals surface area (Å²) in [6.45, 7) is 2.80. The molecular formula is C12H14N4O2. The molecule has 0 saturated carbocycles. The van der Waals surface area contributed by atoms with E-state index in [0.29, 0.717) is 17.1 Å². The van der Waals surface area contributed by atoms with E-state index in [1.165, 1.54) is 0 Å². The van der Waals surface area contributed by atoms with Crippen molar-refractivity contribution in [3.05, 3.63) is 42.2 Å². The van der Waals surface area contributed by atoms with Gasteiger partial charge in [0.1, 0.15) is 5.75 Å². The SMILES string of the molecule is CCn1cc(Oc2ccc(/C(N)=N/O)cc2)cn1. The first-order chi connectivity index (χ1) is 8.72. The molecule has 6 nitrogen and oxygen atoms in total. The van der Waals surface area contributed by atoms with Gasteiger partial charge in [0.05, 0.1) is 12.4 Å². The number of amidine groups is 1. The van der Waals surface area contributed by atoms with Crippen LogP contribution in [-0.2, 0) is 6.54 Å². The normalized spacial score (nSPS) is 11.5.